The molecule has 0 spiro atoms. The number of carboxylic acid groups (broad SMARTS) is 1. The molecule has 0 aliphatic carbocycles. The van der Waals surface area contributed by atoms with Crippen LogP contribution in [0.4, 0.5) is 4.79 Å². The van der Waals surface area contributed by atoms with E-state index in [0.717, 1.165) is 6.04 Å². The van der Waals surface area contributed by atoms with Crippen molar-refractivity contribution in [2.45, 2.75) is 38.3 Å². The van der Waals surface area contributed by atoms with Gasteiger partial charge in [-0.2, -0.15) is 0 Å². The molecule has 4 heteroatoms. The Morgan fingerprint density at radius 3 is 2.58 bits per heavy atom. The topological polar surface area (TPSA) is 46.5 Å². The average molecular weight is 190 g/mol. The molecule has 0 aromatic rings. The Labute approximate surface area is 75.9 Å². The van der Waals surface area contributed by atoms with Crippen LogP contribution in [0.3, 0.4) is 0 Å². The first kappa shape index (κ1) is 11.5. The number of rotatable bonds is 5. The van der Waals surface area contributed by atoms with Gasteiger partial charge >= 0.3 is 6.16 Å². The van der Waals surface area contributed by atoms with Gasteiger partial charge in [0.15, 0.2) is 0 Å². The van der Waals surface area contributed by atoms with Gasteiger partial charge in [0.05, 0.1) is 6.61 Å². The van der Waals surface area contributed by atoms with Gasteiger partial charge in [-0.05, 0) is 11.1 Å². The van der Waals surface area contributed by atoms with Gasteiger partial charge in [0.1, 0.15) is 0 Å². The summed E-state index contributed by atoms with van der Waals surface area (Å²) in [5, 5.41) is 8.64. The Morgan fingerprint density at radius 2 is 2.17 bits per heavy atom. The minimum absolute atomic E-state index is 0.192. The van der Waals surface area contributed by atoms with E-state index in [-0.39, 0.29) is 9.52 Å². The monoisotopic (exact) mass is 190 g/mol. The quantitative estimate of drug-likeness (QED) is 0.409. The molecule has 0 saturated heterocycles. The zero-order valence-corrected chi connectivity index (χ0v) is 9.51. The minimum atomic E-state index is -1.15. The van der Waals surface area contributed by atoms with Crippen molar-refractivity contribution in [2.75, 3.05) is 6.61 Å². The predicted octanol–water partition coefficient (Wildman–Crippen LogP) is 1.88. The van der Waals surface area contributed by atoms with E-state index in [1.807, 2.05) is 0 Å². The molecule has 0 heterocycles. The second-order valence-corrected chi connectivity index (χ2v) is 6.86. The van der Waals surface area contributed by atoms with Crippen LogP contribution in [0.25, 0.3) is 0 Å². The number of hydrogen-bond donors (Lipinski definition) is 1. The normalized spacial score (nSPS) is 12.2. The van der Waals surface area contributed by atoms with E-state index in [1.54, 1.807) is 0 Å². The largest absolute Gasteiger partial charge is 0.505 e. The van der Waals surface area contributed by atoms with Gasteiger partial charge in [0.25, 0.3) is 0 Å². The first-order valence-electron chi connectivity index (χ1n) is 4.33. The van der Waals surface area contributed by atoms with E-state index in [2.05, 4.69) is 25.5 Å². The zero-order chi connectivity index (χ0) is 9.61. The molecule has 3 nitrogen and oxygen atoms in total. The van der Waals surface area contributed by atoms with Crippen LogP contribution in [0.15, 0.2) is 0 Å². The Bertz CT molecular complexity index is 145. The lowest BCUT2D eigenvalue weighted by atomic mass is 10.1. The van der Waals surface area contributed by atoms with E-state index in [1.165, 1.54) is 6.42 Å². The Balaban J connectivity index is 3.37. The third-order valence-electron chi connectivity index (χ3n) is 2.18. The summed E-state index contributed by atoms with van der Waals surface area (Å²) in [6.07, 6.45) is 0.0186. The van der Waals surface area contributed by atoms with Crippen molar-refractivity contribution in [3.63, 3.8) is 0 Å². The highest BCUT2D eigenvalue weighted by atomic mass is 28.2. The summed E-state index contributed by atoms with van der Waals surface area (Å²) in [6, 6.07) is 0.952. The van der Waals surface area contributed by atoms with Crippen LogP contribution in [0.2, 0.25) is 11.1 Å². The van der Waals surface area contributed by atoms with Crippen LogP contribution in [-0.2, 0) is 4.74 Å². The highest BCUT2D eigenvalue weighted by Gasteiger charge is 2.14. The van der Waals surface area contributed by atoms with Crippen molar-refractivity contribution >= 4 is 15.7 Å². The van der Waals surface area contributed by atoms with E-state index < -0.39 is 6.16 Å². The lowest BCUT2D eigenvalue weighted by molar-refractivity contribution is 0.0964. The van der Waals surface area contributed by atoms with Crippen molar-refractivity contribution in [1.29, 1.82) is 0 Å². The van der Waals surface area contributed by atoms with E-state index in [4.69, 9.17) is 5.11 Å². The molecule has 1 N–H and O–H groups in total. The molecule has 0 aliphatic rings. The predicted molar refractivity (Wildman–Crippen MR) is 51.7 cm³/mol. The summed E-state index contributed by atoms with van der Waals surface area (Å²) < 4.78 is 4.43. The van der Waals surface area contributed by atoms with Gasteiger partial charge in [-0.15, -0.1) is 0 Å². The van der Waals surface area contributed by atoms with Crippen LogP contribution >= 0.6 is 0 Å². The fourth-order valence-electron chi connectivity index (χ4n) is 0.887. The molecule has 12 heavy (non-hydrogen) atoms. The minimum Gasteiger partial charge on any atom is -0.450 e. The van der Waals surface area contributed by atoms with E-state index in [9.17, 15) is 4.79 Å². The van der Waals surface area contributed by atoms with Crippen LogP contribution in [0, 0.1) is 0 Å². The highest BCUT2D eigenvalue weighted by Crippen LogP contribution is 2.27. The summed E-state index contributed by atoms with van der Waals surface area (Å²) >= 11 is 0. The highest BCUT2D eigenvalue weighted by molar-refractivity contribution is 6.39. The lowest BCUT2D eigenvalue weighted by Gasteiger charge is -2.21. The van der Waals surface area contributed by atoms with E-state index >= 15 is 0 Å². The summed E-state index contributed by atoms with van der Waals surface area (Å²) in [7, 11) is -0.192. The molecule has 0 radical (unpaired) electrons. The first-order chi connectivity index (χ1) is 5.48. The van der Waals surface area contributed by atoms with Crippen molar-refractivity contribution in [3.8, 4) is 0 Å². The van der Waals surface area contributed by atoms with Crippen molar-refractivity contribution in [1.82, 2.24) is 0 Å². The van der Waals surface area contributed by atoms with Crippen LogP contribution in [0.5, 0.6) is 0 Å². The molecule has 72 valence electrons. The number of carbonyl (C=O) groups is 1. The van der Waals surface area contributed by atoms with Crippen molar-refractivity contribution in [2.24, 2.45) is 0 Å². The second-order valence-electron chi connectivity index (χ2n) is 3.74. The summed E-state index contributed by atoms with van der Waals surface area (Å²) in [5.41, 5.74) is 0. The molecular weight excluding hydrogens is 172 g/mol. The lowest BCUT2D eigenvalue weighted by Crippen LogP contribution is -2.14. The fraction of sp³-hybridized carbons (Fsp3) is 0.875. The molecule has 0 aromatic heterocycles. The van der Waals surface area contributed by atoms with Gasteiger partial charge in [-0.1, -0.05) is 27.2 Å². The van der Waals surface area contributed by atoms with Crippen molar-refractivity contribution in [3.05, 3.63) is 0 Å². The summed E-state index contributed by atoms with van der Waals surface area (Å²) in [4.78, 5) is 9.99. The molecule has 0 amide bonds. The number of hydrogen-bond acceptors (Lipinski definition) is 2. The van der Waals surface area contributed by atoms with Crippen molar-refractivity contribution < 1.29 is 14.6 Å². The maximum Gasteiger partial charge on any atom is 0.505 e. The van der Waals surface area contributed by atoms with Gasteiger partial charge in [0.2, 0.25) is 0 Å². The average Bonchev–Trinajstić information content (AvgIpc) is 1.98. The maximum atomic E-state index is 9.99. The zero-order valence-electron chi connectivity index (χ0n) is 8.09. The van der Waals surface area contributed by atoms with E-state index in [0.29, 0.717) is 11.6 Å². The van der Waals surface area contributed by atoms with Gasteiger partial charge in [-0.25, -0.2) is 4.79 Å². The SMILES string of the molecule is CCC(C)(C)[SiH2]CCOC(=O)O. The Kier molecular flexibility index (Phi) is 4.97. The Morgan fingerprint density at radius 1 is 1.58 bits per heavy atom. The molecule has 0 unspecified atom stereocenters. The summed E-state index contributed by atoms with van der Waals surface area (Å²) in [5.74, 6) is 0. The molecule has 0 rings (SSSR count). The van der Waals surface area contributed by atoms with Crippen LogP contribution in [0.1, 0.15) is 27.2 Å². The number of ether oxygens (including phenoxy) is 1. The van der Waals surface area contributed by atoms with Crippen LogP contribution < -0.4 is 0 Å². The van der Waals surface area contributed by atoms with Gasteiger partial charge < -0.3 is 9.84 Å². The maximum absolute atomic E-state index is 9.99. The molecule has 0 aromatic carbocycles. The molecule has 0 bridgehead atoms. The molecular formula is C8H18O3Si. The Hall–Kier alpha value is -0.513. The van der Waals surface area contributed by atoms with Crippen LogP contribution in [-0.4, -0.2) is 27.4 Å². The molecule has 0 saturated carbocycles. The van der Waals surface area contributed by atoms with Gasteiger partial charge in [0, 0.05) is 9.52 Å². The third-order valence-corrected chi connectivity index (χ3v) is 4.68. The standard InChI is InChI=1S/C8H18O3Si/c1-4-8(2,3)12-6-5-11-7(9)10/h4-6,12H2,1-3H3,(H,9,10). The molecule has 0 aliphatic heterocycles. The third kappa shape index (κ3) is 6.21. The van der Waals surface area contributed by atoms with Gasteiger partial charge in [-0.3, -0.25) is 0 Å². The smallest absolute Gasteiger partial charge is 0.450 e. The fourth-order valence-corrected chi connectivity index (χ4v) is 2.49. The first-order valence-corrected chi connectivity index (χ1v) is 6.04. The molecule has 0 fully saturated rings. The summed E-state index contributed by atoms with van der Waals surface area (Å²) in [6.45, 7) is 7.02. The second kappa shape index (κ2) is 5.19. The molecule has 0 atom stereocenters.